The molecule has 2 amide bonds. The molecule has 3 N–H and O–H groups in total. The zero-order valence-corrected chi connectivity index (χ0v) is 11.0. The first kappa shape index (κ1) is 16.8. The van der Waals surface area contributed by atoms with Crippen LogP contribution in [-0.4, -0.2) is 36.9 Å². The molecule has 9 heteroatoms. The van der Waals surface area contributed by atoms with Crippen molar-refractivity contribution >= 4 is 17.7 Å². The SMILES string of the molecule is COC(CNC(=O)Nc1cc(F)cc(F)c1F)CC(=O)O. The molecule has 0 aliphatic rings. The fraction of sp³-hybridized carbons (Fsp3) is 0.333. The average molecular weight is 306 g/mol. The maximum absolute atomic E-state index is 13.3. The van der Waals surface area contributed by atoms with Crippen molar-refractivity contribution in [2.45, 2.75) is 12.5 Å². The summed E-state index contributed by atoms with van der Waals surface area (Å²) in [6.07, 6.45) is -1.14. The Morgan fingerprint density at radius 2 is 2.00 bits per heavy atom. The quantitative estimate of drug-likeness (QED) is 0.698. The third kappa shape index (κ3) is 5.30. The monoisotopic (exact) mass is 306 g/mol. The minimum atomic E-state index is -1.44. The summed E-state index contributed by atoms with van der Waals surface area (Å²) in [5, 5.41) is 12.7. The van der Waals surface area contributed by atoms with Gasteiger partial charge in [-0.2, -0.15) is 0 Å². The summed E-state index contributed by atoms with van der Waals surface area (Å²) in [5.74, 6) is -5.02. The molecule has 0 bridgehead atoms. The van der Waals surface area contributed by atoms with Crippen molar-refractivity contribution in [2.75, 3.05) is 19.0 Å². The van der Waals surface area contributed by atoms with Crippen LogP contribution in [0.3, 0.4) is 0 Å². The van der Waals surface area contributed by atoms with E-state index >= 15 is 0 Å². The van der Waals surface area contributed by atoms with E-state index in [2.05, 4.69) is 5.32 Å². The van der Waals surface area contributed by atoms with Gasteiger partial charge < -0.3 is 20.5 Å². The number of urea groups is 1. The number of carboxylic acid groups (broad SMARTS) is 1. The summed E-state index contributed by atoms with van der Waals surface area (Å²) in [7, 11) is 1.26. The average Bonchev–Trinajstić information content (AvgIpc) is 2.39. The number of carbonyl (C=O) groups is 2. The molecule has 0 saturated carbocycles. The van der Waals surface area contributed by atoms with Gasteiger partial charge >= 0.3 is 12.0 Å². The van der Waals surface area contributed by atoms with E-state index in [9.17, 15) is 22.8 Å². The van der Waals surface area contributed by atoms with Crippen molar-refractivity contribution in [3.8, 4) is 0 Å². The normalized spacial score (nSPS) is 11.8. The van der Waals surface area contributed by atoms with E-state index in [1.165, 1.54) is 7.11 Å². The van der Waals surface area contributed by atoms with Crippen LogP contribution in [0.2, 0.25) is 0 Å². The molecular formula is C12H13F3N2O4. The second-order valence-corrected chi connectivity index (χ2v) is 4.04. The van der Waals surface area contributed by atoms with Gasteiger partial charge in [0.25, 0.3) is 0 Å². The molecule has 1 aromatic carbocycles. The van der Waals surface area contributed by atoms with Crippen LogP contribution in [0.4, 0.5) is 23.7 Å². The molecule has 0 aliphatic carbocycles. The fourth-order valence-corrected chi connectivity index (χ4v) is 1.45. The lowest BCUT2D eigenvalue weighted by atomic mass is 10.2. The number of nitrogens with one attached hydrogen (secondary N) is 2. The van der Waals surface area contributed by atoms with Crippen LogP contribution in [0.15, 0.2) is 12.1 Å². The lowest BCUT2D eigenvalue weighted by molar-refractivity contribution is -0.139. The molecule has 0 aromatic heterocycles. The standard InChI is InChI=1S/C12H13F3N2O4/c1-21-7(4-10(18)19)5-16-12(20)17-9-3-6(13)2-8(14)11(9)15/h2-3,7H,4-5H2,1H3,(H,18,19)(H2,16,17,20). The number of hydrogen-bond acceptors (Lipinski definition) is 3. The van der Waals surface area contributed by atoms with Crippen LogP contribution in [0.25, 0.3) is 0 Å². The number of aliphatic carboxylic acids is 1. The molecule has 0 radical (unpaired) electrons. The third-order valence-electron chi connectivity index (χ3n) is 2.47. The van der Waals surface area contributed by atoms with Crippen LogP contribution in [0, 0.1) is 17.5 Å². The van der Waals surface area contributed by atoms with Gasteiger partial charge in [0.2, 0.25) is 0 Å². The van der Waals surface area contributed by atoms with Crippen molar-refractivity contribution in [2.24, 2.45) is 0 Å². The Hall–Kier alpha value is -2.29. The number of anilines is 1. The van der Waals surface area contributed by atoms with Gasteiger partial charge in [0.05, 0.1) is 18.2 Å². The second kappa shape index (κ2) is 7.48. The van der Waals surface area contributed by atoms with E-state index in [0.29, 0.717) is 12.1 Å². The smallest absolute Gasteiger partial charge is 0.319 e. The predicted molar refractivity (Wildman–Crippen MR) is 66.4 cm³/mol. The van der Waals surface area contributed by atoms with Gasteiger partial charge in [-0.1, -0.05) is 0 Å². The molecule has 1 rings (SSSR count). The van der Waals surface area contributed by atoms with E-state index < -0.39 is 41.2 Å². The van der Waals surface area contributed by atoms with E-state index in [-0.39, 0.29) is 13.0 Å². The molecule has 0 fully saturated rings. The van der Waals surface area contributed by atoms with Gasteiger partial charge in [0, 0.05) is 25.8 Å². The maximum Gasteiger partial charge on any atom is 0.319 e. The minimum absolute atomic E-state index is 0.173. The van der Waals surface area contributed by atoms with Crippen LogP contribution in [-0.2, 0) is 9.53 Å². The predicted octanol–water partition coefficient (Wildman–Crippen LogP) is 1.72. The van der Waals surface area contributed by atoms with Crippen molar-refractivity contribution in [3.05, 3.63) is 29.6 Å². The molecule has 0 aliphatic heterocycles. The second-order valence-electron chi connectivity index (χ2n) is 4.04. The van der Waals surface area contributed by atoms with Crippen LogP contribution >= 0.6 is 0 Å². The molecule has 1 unspecified atom stereocenters. The van der Waals surface area contributed by atoms with Gasteiger partial charge in [0.15, 0.2) is 11.6 Å². The molecule has 1 atom stereocenters. The highest BCUT2D eigenvalue weighted by Gasteiger charge is 2.16. The first-order chi connectivity index (χ1) is 9.83. The van der Waals surface area contributed by atoms with E-state index in [0.717, 1.165) is 0 Å². The fourth-order valence-electron chi connectivity index (χ4n) is 1.45. The molecule has 0 spiro atoms. The molecule has 21 heavy (non-hydrogen) atoms. The molecular weight excluding hydrogens is 293 g/mol. The highest BCUT2D eigenvalue weighted by molar-refractivity contribution is 5.89. The summed E-state index contributed by atoms with van der Waals surface area (Å²) in [6.45, 7) is -0.173. The van der Waals surface area contributed by atoms with Crippen molar-refractivity contribution < 1.29 is 32.6 Å². The number of carboxylic acids is 1. The Morgan fingerprint density at radius 1 is 1.33 bits per heavy atom. The maximum atomic E-state index is 13.3. The topological polar surface area (TPSA) is 87.7 Å². The Bertz CT molecular complexity index is 539. The summed E-state index contributed by atoms with van der Waals surface area (Å²) in [6, 6.07) is 0.00118. The zero-order valence-electron chi connectivity index (χ0n) is 11.0. The van der Waals surface area contributed by atoms with Crippen LogP contribution in [0.5, 0.6) is 0 Å². The van der Waals surface area contributed by atoms with Gasteiger partial charge in [-0.25, -0.2) is 18.0 Å². The number of methoxy groups -OCH3 is 1. The molecule has 6 nitrogen and oxygen atoms in total. The number of ether oxygens (including phenoxy) is 1. The molecule has 0 saturated heterocycles. The number of rotatable bonds is 6. The van der Waals surface area contributed by atoms with E-state index in [1.807, 2.05) is 5.32 Å². The highest BCUT2D eigenvalue weighted by atomic mass is 19.2. The third-order valence-corrected chi connectivity index (χ3v) is 2.47. The minimum Gasteiger partial charge on any atom is -0.481 e. The Labute approximate surface area is 117 Å². The largest absolute Gasteiger partial charge is 0.481 e. The molecule has 116 valence electrons. The number of hydrogen-bond donors (Lipinski definition) is 3. The van der Waals surface area contributed by atoms with Gasteiger partial charge in [-0.15, -0.1) is 0 Å². The first-order valence-electron chi connectivity index (χ1n) is 5.77. The van der Waals surface area contributed by atoms with E-state index in [1.54, 1.807) is 0 Å². The van der Waals surface area contributed by atoms with Gasteiger partial charge in [0.1, 0.15) is 5.82 Å². The summed E-state index contributed by atoms with van der Waals surface area (Å²) in [5.41, 5.74) is -0.669. The molecule has 0 heterocycles. The highest BCUT2D eigenvalue weighted by Crippen LogP contribution is 2.18. The summed E-state index contributed by atoms with van der Waals surface area (Å²) >= 11 is 0. The van der Waals surface area contributed by atoms with Crippen molar-refractivity contribution in [3.63, 3.8) is 0 Å². The number of halogens is 3. The molecule has 1 aromatic rings. The van der Waals surface area contributed by atoms with Gasteiger partial charge in [-0.3, -0.25) is 4.79 Å². The zero-order chi connectivity index (χ0) is 16.0. The van der Waals surface area contributed by atoms with Crippen LogP contribution < -0.4 is 10.6 Å². The Balaban J connectivity index is 2.60. The Kier molecular flexibility index (Phi) is 5.97. The summed E-state index contributed by atoms with van der Waals surface area (Å²) < 4.78 is 43.9. The van der Waals surface area contributed by atoms with Gasteiger partial charge in [-0.05, 0) is 0 Å². The van der Waals surface area contributed by atoms with Crippen LogP contribution in [0.1, 0.15) is 6.42 Å². The van der Waals surface area contributed by atoms with Crippen molar-refractivity contribution in [1.29, 1.82) is 0 Å². The number of carbonyl (C=O) groups excluding carboxylic acids is 1. The lowest BCUT2D eigenvalue weighted by Gasteiger charge is -2.14. The number of benzene rings is 1. The first-order valence-corrected chi connectivity index (χ1v) is 5.77. The lowest BCUT2D eigenvalue weighted by Crippen LogP contribution is -2.37. The van der Waals surface area contributed by atoms with Crippen molar-refractivity contribution in [1.82, 2.24) is 5.32 Å². The van der Waals surface area contributed by atoms with E-state index in [4.69, 9.17) is 9.84 Å². The summed E-state index contributed by atoms with van der Waals surface area (Å²) in [4.78, 5) is 21.9. The Morgan fingerprint density at radius 3 is 2.57 bits per heavy atom. The number of amides is 2.